The third kappa shape index (κ3) is 9.16. The summed E-state index contributed by atoms with van der Waals surface area (Å²) in [5, 5.41) is 0. The number of ether oxygens (including phenoxy) is 3. The number of halogens is 4. The van der Waals surface area contributed by atoms with E-state index in [1.807, 2.05) is 26.0 Å². The zero-order valence-corrected chi connectivity index (χ0v) is 23.2. The standard InChI is InChI=1S/C23H27BrF3NO6S2/c1-4-10-28(36(30,31)21-9-6-17(14-19(21)24)34-23(25,26)27)11-12-35-18-7-8-20(16(3)13-18)33-15-22(29)32-5-2/h6-9,13-14H,4-5,10-12,15H2,1-3H3. The number of benzene rings is 2. The second-order valence-electron chi connectivity index (χ2n) is 7.41. The van der Waals surface area contributed by atoms with Crippen LogP contribution >= 0.6 is 27.7 Å². The minimum absolute atomic E-state index is 0.0213. The van der Waals surface area contributed by atoms with Gasteiger partial charge in [-0.3, -0.25) is 0 Å². The lowest BCUT2D eigenvalue weighted by Gasteiger charge is -2.22. The first kappa shape index (κ1) is 30.3. The lowest BCUT2D eigenvalue weighted by Crippen LogP contribution is -2.34. The number of esters is 1. The number of sulfonamides is 1. The Morgan fingerprint density at radius 1 is 1.11 bits per heavy atom. The van der Waals surface area contributed by atoms with Gasteiger partial charge in [-0.05, 0) is 78.2 Å². The fraction of sp³-hybridized carbons (Fsp3) is 0.435. The Balaban J connectivity index is 2.05. The molecular formula is C23H27BrF3NO6S2. The van der Waals surface area contributed by atoms with Crippen molar-refractivity contribution >= 4 is 43.7 Å². The van der Waals surface area contributed by atoms with E-state index in [1.54, 1.807) is 13.0 Å². The highest BCUT2D eigenvalue weighted by atomic mass is 79.9. The van der Waals surface area contributed by atoms with Crippen LogP contribution in [-0.2, 0) is 19.6 Å². The quantitative estimate of drug-likeness (QED) is 0.209. The van der Waals surface area contributed by atoms with Gasteiger partial charge in [-0.1, -0.05) is 6.92 Å². The van der Waals surface area contributed by atoms with Gasteiger partial charge in [-0.2, -0.15) is 4.31 Å². The summed E-state index contributed by atoms with van der Waals surface area (Å²) in [6.07, 6.45) is -4.32. The van der Waals surface area contributed by atoms with Crippen molar-refractivity contribution in [1.29, 1.82) is 0 Å². The summed E-state index contributed by atoms with van der Waals surface area (Å²) >= 11 is 4.50. The first-order valence-electron chi connectivity index (χ1n) is 10.9. The molecule has 7 nitrogen and oxygen atoms in total. The van der Waals surface area contributed by atoms with Gasteiger partial charge in [0.05, 0.1) is 11.5 Å². The first-order chi connectivity index (χ1) is 16.9. The van der Waals surface area contributed by atoms with Crippen molar-refractivity contribution in [1.82, 2.24) is 4.31 Å². The Morgan fingerprint density at radius 3 is 2.42 bits per heavy atom. The fourth-order valence-corrected chi connectivity index (χ4v) is 6.74. The molecule has 0 bridgehead atoms. The van der Waals surface area contributed by atoms with Crippen LogP contribution in [0.5, 0.6) is 11.5 Å². The Bertz CT molecular complexity index is 1150. The molecule has 0 aliphatic rings. The van der Waals surface area contributed by atoms with Gasteiger partial charge in [0, 0.05) is 28.2 Å². The molecule has 2 aromatic carbocycles. The minimum Gasteiger partial charge on any atom is -0.482 e. The van der Waals surface area contributed by atoms with E-state index in [1.165, 1.54) is 16.1 Å². The third-order valence-electron chi connectivity index (χ3n) is 4.63. The van der Waals surface area contributed by atoms with Crippen LogP contribution in [0.4, 0.5) is 13.2 Å². The van der Waals surface area contributed by atoms with E-state index >= 15 is 0 Å². The van der Waals surface area contributed by atoms with Gasteiger partial charge in [-0.15, -0.1) is 24.9 Å². The molecule has 13 heteroatoms. The number of hydrogen-bond acceptors (Lipinski definition) is 7. The topological polar surface area (TPSA) is 82.1 Å². The average Bonchev–Trinajstić information content (AvgIpc) is 2.77. The average molecular weight is 615 g/mol. The molecule has 200 valence electrons. The van der Waals surface area contributed by atoms with Crippen LogP contribution in [0.3, 0.4) is 0 Å². The summed E-state index contributed by atoms with van der Waals surface area (Å²) in [5.74, 6) is 0.0114. The minimum atomic E-state index is -4.88. The lowest BCUT2D eigenvalue weighted by atomic mass is 10.2. The van der Waals surface area contributed by atoms with Gasteiger partial charge in [0.2, 0.25) is 10.0 Å². The molecule has 0 aliphatic carbocycles. The summed E-state index contributed by atoms with van der Waals surface area (Å²) in [4.78, 5) is 12.2. The van der Waals surface area contributed by atoms with E-state index in [9.17, 15) is 26.4 Å². The third-order valence-corrected chi connectivity index (χ3v) is 8.48. The largest absolute Gasteiger partial charge is 0.573 e. The maximum absolute atomic E-state index is 13.2. The Kier molecular flexibility index (Phi) is 11.4. The van der Waals surface area contributed by atoms with Gasteiger partial charge >= 0.3 is 12.3 Å². The molecule has 0 saturated carbocycles. The Hall–Kier alpha value is -1.96. The van der Waals surface area contributed by atoms with Crippen LogP contribution in [0.1, 0.15) is 25.8 Å². The predicted octanol–water partition coefficient (Wildman–Crippen LogP) is 5.79. The van der Waals surface area contributed by atoms with Gasteiger partial charge in [0.1, 0.15) is 11.5 Å². The van der Waals surface area contributed by atoms with E-state index in [-0.39, 0.29) is 35.7 Å². The summed E-state index contributed by atoms with van der Waals surface area (Å²) in [5.41, 5.74) is 0.812. The first-order valence-corrected chi connectivity index (χ1v) is 14.2. The van der Waals surface area contributed by atoms with Crippen LogP contribution in [0.15, 0.2) is 50.7 Å². The highest BCUT2D eigenvalue weighted by Gasteiger charge is 2.32. The van der Waals surface area contributed by atoms with E-state index in [0.29, 0.717) is 17.9 Å². The molecule has 2 aromatic rings. The van der Waals surface area contributed by atoms with Crippen molar-refractivity contribution in [3.8, 4) is 11.5 Å². The van der Waals surface area contributed by atoms with Crippen LogP contribution in [0.25, 0.3) is 0 Å². The zero-order chi connectivity index (χ0) is 26.9. The monoisotopic (exact) mass is 613 g/mol. The van der Waals surface area contributed by atoms with Gasteiger partial charge in [-0.25, -0.2) is 13.2 Å². The van der Waals surface area contributed by atoms with Crippen molar-refractivity contribution in [2.45, 2.75) is 43.3 Å². The van der Waals surface area contributed by atoms with E-state index in [2.05, 4.69) is 20.7 Å². The highest BCUT2D eigenvalue weighted by molar-refractivity contribution is 9.10. The Morgan fingerprint density at radius 2 is 1.83 bits per heavy atom. The molecule has 2 rings (SSSR count). The van der Waals surface area contributed by atoms with E-state index < -0.39 is 28.1 Å². The van der Waals surface area contributed by atoms with Crippen molar-refractivity contribution in [3.63, 3.8) is 0 Å². The van der Waals surface area contributed by atoms with Crippen molar-refractivity contribution in [2.24, 2.45) is 0 Å². The highest BCUT2D eigenvalue weighted by Crippen LogP contribution is 2.32. The number of alkyl halides is 3. The second kappa shape index (κ2) is 13.5. The van der Waals surface area contributed by atoms with Gasteiger partial charge in [0.15, 0.2) is 6.61 Å². The molecule has 0 aromatic heterocycles. The summed E-state index contributed by atoms with van der Waals surface area (Å²) in [7, 11) is -3.97. The van der Waals surface area contributed by atoms with Gasteiger partial charge in [0.25, 0.3) is 0 Å². The zero-order valence-electron chi connectivity index (χ0n) is 19.9. The molecule has 0 radical (unpaired) electrons. The second-order valence-corrected chi connectivity index (χ2v) is 11.3. The van der Waals surface area contributed by atoms with E-state index in [0.717, 1.165) is 28.7 Å². The van der Waals surface area contributed by atoms with Crippen LogP contribution in [-0.4, -0.2) is 57.1 Å². The molecule has 0 atom stereocenters. The maximum atomic E-state index is 13.2. The molecule has 36 heavy (non-hydrogen) atoms. The van der Waals surface area contributed by atoms with Gasteiger partial charge < -0.3 is 14.2 Å². The smallest absolute Gasteiger partial charge is 0.482 e. The maximum Gasteiger partial charge on any atom is 0.573 e. The van der Waals surface area contributed by atoms with Crippen LogP contribution in [0, 0.1) is 6.92 Å². The molecule has 0 spiro atoms. The molecule has 0 aliphatic heterocycles. The summed E-state index contributed by atoms with van der Waals surface area (Å²) < 4.78 is 79.3. The normalized spacial score (nSPS) is 12.0. The lowest BCUT2D eigenvalue weighted by molar-refractivity contribution is -0.274. The summed E-state index contributed by atoms with van der Waals surface area (Å²) in [6.45, 7) is 5.90. The number of carbonyl (C=O) groups is 1. The molecule has 0 heterocycles. The van der Waals surface area contributed by atoms with Crippen molar-refractivity contribution in [3.05, 3.63) is 46.4 Å². The number of aryl methyl sites for hydroxylation is 1. The number of rotatable bonds is 13. The number of thioether (sulfide) groups is 1. The summed E-state index contributed by atoms with van der Waals surface area (Å²) in [6, 6.07) is 8.46. The molecule has 0 N–H and O–H groups in total. The van der Waals surface area contributed by atoms with Crippen molar-refractivity contribution < 1.29 is 40.6 Å². The Labute approximate surface area is 221 Å². The van der Waals surface area contributed by atoms with Crippen molar-refractivity contribution in [2.75, 3.05) is 32.1 Å². The predicted molar refractivity (Wildman–Crippen MR) is 134 cm³/mol. The van der Waals surface area contributed by atoms with Crippen LogP contribution < -0.4 is 9.47 Å². The molecular weight excluding hydrogens is 587 g/mol. The number of hydrogen-bond donors (Lipinski definition) is 0. The SMILES string of the molecule is CCCN(CCSc1ccc(OCC(=O)OCC)c(C)c1)S(=O)(=O)c1ccc(OC(F)(F)F)cc1Br. The molecule has 0 saturated heterocycles. The molecule has 0 amide bonds. The molecule has 0 fully saturated rings. The number of nitrogens with zero attached hydrogens (tertiary/aromatic N) is 1. The van der Waals surface area contributed by atoms with E-state index in [4.69, 9.17) is 9.47 Å². The fourth-order valence-electron chi connectivity index (χ4n) is 3.11. The molecule has 0 unspecified atom stereocenters. The van der Waals surface area contributed by atoms with Crippen LogP contribution in [0.2, 0.25) is 0 Å². The number of carbonyl (C=O) groups excluding carboxylic acids is 1.